The number of benzene rings is 1. The van der Waals surface area contributed by atoms with Crippen LogP contribution in [-0.4, -0.2) is 6.54 Å². The summed E-state index contributed by atoms with van der Waals surface area (Å²) in [4.78, 5) is 1.41. The minimum Gasteiger partial charge on any atom is -0.309 e. The van der Waals surface area contributed by atoms with Crippen LogP contribution < -0.4 is 5.32 Å². The van der Waals surface area contributed by atoms with Gasteiger partial charge in [0.1, 0.15) is 0 Å². The molecule has 0 radical (unpaired) electrons. The molecule has 0 fully saturated rings. The predicted molar refractivity (Wildman–Crippen MR) is 88.1 cm³/mol. The van der Waals surface area contributed by atoms with Crippen LogP contribution in [-0.2, 0) is 6.42 Å². The van der Waals surface area contributed by atoms with E-state index in [-0.39, 0.29) is 0 Å². The first-order valence-electron chi connectivity index (χ1n) is 6.65. The molecule has 1 unspecified atom stereocenters. The highest BCUT2D eigenvalue weighted by Gasteiger charge is 2.15. The Morgan fingerprint density at radius 1 is 1.26 bits per heavy atom. The van der Waals surface area contributed by atoms with Gasteiger partial charge in [0.05, 0.1) is 3.79 Å². The van der Waals surface area contributed by atoms with Crippen molar-refractivity contribution >= 4 is 27.3 Å². The topological polar surface area (TPSA) is 12.0 Å². The summed E-state index contributed by atoms with van der Waals surface area (Å²) in [5.74, 6) is 0. The third-order valence-corrected chi connectivity index (χ3v) is 5.44. The standard InChI is InChI=1S/C16H20BrNS/c1-4-18-14(15-9-12(3)16(17)19-15)10-13-7-5-6-11(2)8-13/h5-9,14,18H,4,10H2,1-3H3. The molecule has 1 aromatic heterocycles. The molecule has 1 N–H and O–H groups in total. The Morgan fingerprint density at radius 2 is 2.05 bits per heavy atom. The van der Waals surface area contributed by atoms with Crippen molar-refractivity contribution in [2.45, 2.75) is 33.2 Å². The lowest BCUT2D eigenvalue weighted by molar-refractivity contribution is 0.558. The smallest absolute Gasteiger partial charge is 0.0731 e. The maximum atomic E-state index is 3.62. The minimum absolute atomic E-state index is 0.404. The van der Waals surface area contributed by atoms with Crippen LogP contribution in [0.3, 0.4) is 0 Å². The van der Waals surface area contributed by atoms with E-state index < -0.39 is 0 Å². The molecule has 0 aliphatic carbocycles. The Kier molecular flexibility index (Phi) is 5.20. The Morgan fingerprint density at radius 3 is 2.63 bits per heavy atom. The summed E-state index contributed by atoms with van der Waals surface area (Å²) in [7, 11) is 0. The van der Waals surface area contributed by atoms with Gasteiger partial charge in [-0.1, -0.05) is 36.8 Å². The molecule has 1 atom stereocenters. The lowest BCUT2D eigenvalue weighted by atomic mass is 10.0. The van der Waals surface area contributed by atoms with Crippen molar-refractivity contribution in [3.63, 3.8) is 0 Å². The Bertz CT molecular complexity index is 528. The van der Waals surface area contributed by atoms with E-state index in [0.29, 0.717) is 6.04 Å². The molecule has 0 aliphatic heterocycles. The first kappa shape index (κ1) is 14.8. The van der Waals surface area contributed by atoms with Crippen LogP contribution in [0.25, 0.3) is 0 Å². The van der Waals surface area contributed by atoms with Gasteiger partial charge in [-0.3, -0.25) is 0 Å². The third kappa shape index (κ3) is 3.91. The second kappa shape index (κ2) is 6.69. The average Bonchev–Trinajstić information content (AvgIpc) is 2.69. The number of hydrogen-bond acceptors (Lipinski definition) is 2. The largest absolute Gasteiger partial charge is 0.309 e. The van der Waals surface area contributed by atoms with Crippen LogP contribution in [0, 0.1) is 13.8 Å². The van der Waals surface area contributed by atoms with E-state index >= 15 is 0 Å². The molecular weight excluding hydrogens is 318 g/mol. The number of hydrogen-bond donors (Lipinski definition) is 1. The van der Waals surface area contributed by atoms with Gasteiger partial charge in [-0.05, 0) is 59.9 Å². The number of rotatable bonds is 5. The number of nitrogens with one attached hydrogen (secondary N) is 1. The summed E-state index contributed by atoms with van der Waals surface area (Å²) in [5.41, 5.74) is 4.05. The van der Waals surface area contributed by atoms with Crippen LogP contribution in [0.15, 0.2) is 34.1 Å². The fraction of sp³-hybridized carbons (Fsp3) is 0.375. The summed E-state index contributed by atoms with van der Waals surface area (Å²) >= 11 is 5.46. The quantitative estimate of drug-likeness (QED) is 0.807. The first-order valence-corrected chi connectivity index (χ1v) is 8.26. The van der Waals surface area contributed by atoms with E-state index in [1.807, 2.05) is 11.3 Å². The fourth-order valence-corrected chi connectivity index (χ4v) is 3.90. The molecule has 2 aromatic rings. The van der Waals surface area contributed by atoms with Crippen molar-refractivity contribution < 1.29 is 0 Å². The van der Waals surface area contributed by atoms with Crippen LogP contribution in [0.2, 0.25) is 0 Å². The summed E-state index contributed by atoms with van der Waals surface area (Å²) in [5, 5.41) is 3.60. The van der Waals surface area contributed by atoms with Gasteiger partial charge in [-0.15, -0.1) is 11.3 Å². The Labute approximate surface area is 128 Å². The lowest BCUT2D eigenvalue weighted by Crippen LogP contribution is -2.22. The molecule has 0 saturated carbocycles. The molecule has 0 aliphatic rings. The summed E-state index contributed by atoms with van der Waals surface area (Å²) in [6, 6.07) is 11.5. The highest BCUT2D eigenvalue weighted by atomic mass is 79.9. The fourth-order valence-electron chi connectivity index (χ4n) is 2.25. The molecule has 3 heteroatoms. The van der Waals surface area contributed by atoms with Crippen LogP contribution in [0.5, 0.6) is 0 Å². The molecular formula is C16H20BrNS. The van der Waals surface area contributed by atoms with E-state index in [4.69, 9.17) is 0 Å². The second-order valence-corrected chi connectivity index (χ2v) is 7.31. The Balaban J connectivity index is 2.20. The third-order valence-electron chi connectivity index (χ3n) is 3.19. The Hall–Kier alpha value is -0.640. The zero-order valence-electron chi connectivity index (χ0n) is 11.7. The van der Waals surface area contributed by atoms with Crippen molar-refractivity contribution in [3.05, 3.63) is 55.7 Å². The first-order chi connectivity index (χ1) is 9.10. The summed E-state index contributed by atoms with van der Waals surface area (Å²) < 4.78 is 1.25. The zero-order valence-corrected chi connectivity index (χ0v) is 14.1. The van der Waals surface area contributed by atoms with E-state index in [9.17, 15) is 0 Å². The van der Waals surface area contributed by atoms with E-state index in [2.05, 4.69) is 72.3 Å². The van der Waals surface area contributed by atoms with Gasteiger partial charge in [0.25, 0.3) is 0 Å². The van der Waals surface area contributed by atoms with Crippen LogP contribution in [0.1, 0.15) is 34.5 Å². The molecule has 0 amide bonds. The van der Waals surface area contributed by atoms with Crippen molar-refractivity contribution in [1.82, 2.24) is 5.32 Å². The highest BCUT2D eigenvalue weighted by molar-refractivity contribution is 9.11. The number of thiophene rings is 1. The summed E-state index contributed by atoms with van der Waals surface area (Å²) in [6.45, 7) is 7.46. The minimum atomic E-state index is 0.404. The van der Waals surface area contributed by atoms with Gasteiger partial charge in [-0.2, -0.15) is 0 Å². The molecule has 2 rings (SSSR count). The molecule has 19 heavy (non-hydrogen) atoms. The number of likely N-dealkylation sites (N-methyl/N-ethyl adjacent to an activating group) is 1. The second-order valence-electron chi connectivity index (χ2n) is 4.91. The molecule has 0 bridgehead atoms. The van der Waals surface area contributed by atoms with Crippen LogP contribution in [0.4, 0.5) is 0 Å². The van der Waals surface area contributed by atoms with Crippen molar-refractivity contribution in [2.75, 3.05) is 6.54 Å². The molecule has 0 saturated heterocycles. The molecule has 1 heterocycles. The molecule has 102 valence electrons. The van der Waals surface area contributed by atoms with Crippen LogP contribution >= 0.6 is 27.3 Å². The van der Waals surface area contributed by atoms with Gasteiger partial charge < -0.3 is 5.32 Å². The summed E-state index contributed by atoms with van der Waals surface area (Å²) in [6.07, 6.45) is 1.04. The van der Waals surface area contributed by atoms with Crippen molar-refractivity contribution in [2.24, 2.45) is 0 Å². The molecule has 0 spiro atoms. The highest BCUT2D eigenvalue weighted by Crippen LogP contribution is 2.32. The predicted octanol–water partition coefficient (Wildman–Crippen LogP) is 5.02. The van der Waals surface area contributed by atoms with Gasteiger partial charge in [0, 0.05) is 10.9 Å². The normalized spacial score (nSPS) is 12.6. The van der Waals surface area contributed by atoms with Gasteiger partial charge in [0.15, 0.2) is 0 Å². The van der Waals surface area contributed by atoms with E-state index in [1.54, 1.807) is 0 Å². The molecule has 1 aromatic carbocycles. The van der Waals surface area contributed by atoms with E-state index in [1.165, 1.54) is 25.4 Å². The maximum absolute atomic E-state index is 3.62. The maximum Gasteiger partial charge on any atom is 0.0731 e. The van der Waals surface area contributed by atoms with Gasteiger partial charge in [-0.25, -0.2) is 0 Å². The number of halogens is 1. The monoisotopic (exact) mass is 337 g/mol. The van der Waals surface area contributed by atoms with Gasteiger partial charge >= 0.3 is 0 Å². The number of aryl methyl sites for hydroxylation is 2. The zero-order chi connectivity index (χ0) is 13.8. The van der Waals surface area contributed by atoms with Crippen molar-refractivity contribution in [3.8, 4) is 0 Å². The van der Waals surface area contributed by atoms with Crippen molar-refractivity contribution in [1.29, 1.82) is 0 Å². The average molecular weight is 338 g/mol. The van der Waals surface area contributed by atoms with E-state index in [0.717, 1.165) is 13.0 Å². The lowest BCUT2D eigenvalue weighted by Gasteiger charge is -2.16. The van der Waals surface area contributed by atoms with Gasteiger partial charge in [0.2, 0.25) is 0 Å². The SMILES string of the molecule is CCNC(Cc1cccc(C)c1)c1cc(C)c(Br)s1. The molecule has 1 nitrogen and oxygen atoms in total.